The number of hydrazone groups is 1. The predicted molar refractivity (Wildman–Crippen MR) is 115 cm³/mol. The van der Waals surface area contributed by atoms with Crippen LogP contribution in [0, 0.1) is 5.82 Å². The van der Waals surface area contributed by atoms with Crippen LogP contribution in [0.1, 0.15) is 23.6 Å². The monoisotopic (exact) mass is 440 g/mol. The normalized spacial score (nSPS) is 16.2. The van der Waals surface area contributed by atoms with Crippen LogP contribution in [0.4, 0.5) is 4.39 Å². The van der Waals surface area contributed by atoms with Crippen LogP contribution in [0.15, 0.2) is 82.8 Å². The van der Waals surface area contributed by atoms with Crippen molar-refractivity contribution >= 4 is 15.7 Å². The van der Waals surface area contributed by atoms with E-state index in [0.29, 0.717) is 34.8 Å². The van der Waals surface area contributed by atoms with E-state index in [4.69, 9.17) is 9.47 Å². The van der Waals surface area contributed by atoms with Gasteiger partial charge in [-0.05, 0) is 42.0 Å². The SMILES string of the molecule is COc1cc(OC)cc(C2=NN(S(=O)(=O)c3ccccc3)[C@H](c3ccc(F)cc3)C2)c1. The second-order valence-electron chi connectivity index (χ2n) is 7.01. The number of sulfonamides is 1. The molecule has 1 heterocycles. The highest BCUT2D eigenvalue weighted by Gasteiger charge is 2.37. The van der Waals surface area contributed by atoms with E-state index in [-0.39, 0.29) is 4.90 Å². The number of hydrogen-bond donors (Lipinski definition) is 0. The Balaban J connectivity index is 1.82. The lowest BCUT2D eigenvalue weighted by Gasteiger charge is -2.23. The highest BCUT2D eigenvalue weighted by molar-refractivity contribution is 7.89. The first kappa shape index (κ1) is 20.9. The lowest BCUT2D eigenvalue weighted by Crippen LogP contribution is -2.27. The van der Waals surface area contributed by atoms with E-state index < -0.39 is 21.9 Å². The molecule has 0 N–H and O–H groups in total. The van der Waals surface area contributed by atoms with Crippen LogP contribution in [-0.2, 0) is 10.0 Å². The molecule has 1 aliphatic heterocycles. The second kappa shape index (κ2) is 8.39. The third-order valence-electron chi connectivity index (χ3n) is 5.10. The maximum absolute atomic E-state index is 13.5. The van der Waals surface area contributed by atoms with Crippen molar-refractivity contribution < 1.29 is 22.3 Å². The first-order valence-corrected chi connectivity index (χ1v) is 11.0. The molecule has 0 fully saturated rings. The van der Waals surface area contributed by atoms with Gasteiger partial charge in [0.15, 0.2) is 0 Å². The molecule has 31 heavy (non-hydrogen) atoms. The highest BCUT2D eigenvalue weighted by atomic mass is 32.2. The zero-order valence-corrected chi connectivity index (χ0v) is 17.8. The maximum atomic E-state index is 13.5. The molecule has 0 amide bonds. The molecule has 3 aromatic carbocycles. The van der Waals surface area contributed by atoms with Crippen molar-refractivity contribution in [1.29, 1.82) is 0 Å². The Labute approximate surface area is 180 Å². The van der Waals surface area contributed by atoms with Gasteiger partial charge in [0.25, 0.3) is 10.0 Å². The molecule has 0 aromatic heterocycles. The summed E-state index contributed by atoms with van der Waals surface area (Å²) in [7, 11) is -0.841. The van der Waals surface area contributed by atoms with Crippen LogP contribution in [0.3, 0.4) is 0 Å². The van der Waals surface area contributed by atoms with Crippen LogP contribution in [0.2, 0.25) is 0 Å². The minimum Gasteiger partial charge on any atom is -0.497 e. The Hall–Kier alpha value is -3.39. The molecule has 0 aliphatic carbocycles. The number of rotatable bonds is 6. The Morgan fingerprint density at radius 3 is 2.13 bits per heavy atom. The topological polar surface area (TPSA) is 68.2 Å². The van der Waals surface area contributed by atoms with E-state index in [1.165, 1.54) is 24.3 Å². The highest BCUT2D eigenvalue weighted by Crippen LogP contribution is 2.38. The van der Waals surface area contributed by atoms with Gasteiger partial charge in [-0.3, -0.25) is 0 Å². The molecule has 0 unspecified atom stereocenters. The standard InChI is InChI=1S/C23H21FN2O4S/c1-29-19-12-17(13-20(14-19)30-2)22-15-23(16-8-10-18(24)11-9-16)26(25-22)31(27,28)21-6-4-3-5-7-21/h3-14,23H,15H2,1-2H3/t23-/m0/s1. The molecule has 6 nitrogen and oxygen atoms in total. The molecule has 8 heteroatoms. The minimum atomic E-state index is -3.93. The molecule has 160 valence electrons. The Morgan fingerprint density at radius 2 is 1.55 bits per heavy atom. The molecule has 0 spiro atoms. The van der Waals surface area contributed by atoms with E-state index in [1.54, 1.807) is 62.8 Å². The molecule has 0 saturated heterocycles. The number of nitrogens with zero attached hydrogens (tertiary/aromatic N) is 2. The fourth-order valence-electron chi connectivity index (χ4n) is 3.49. The molecule has 3 aromatic rings. The van der Waals surface area contributed by atoms with Gasteiger partial charge in [0.05, 0.1) is 30.9 Å². The summed E-state index contributed by atoms with van der Waals surface area (Å²) in [6.07, 6.45) is 0.314. The largest absolute Gasteiger partial charge is 0.497 e. The lowest BCUT2D eigenvalue weighted by molar-refractivity contribution is 0.371. The Morgan fingerprint density at radius 1 is 0.935 bits per heavy atom. The zero-order chi connectivity index (χ0) is 22.0. The van der Waals surface area contributed by atoms with Gasteiger partial charge in [0.1, 0.15) is 17.3 Å². The van der Waals surface area contributed by atoms with Gasteiger partial charge in [-0.2, -0.15) is 17.9 Å². The van der Waals surface area contributed by atoms with E-state index in [2.05, 4.69) is 5.10 Å². The van der Waals surface area contributed by atoms with Gasteiger partial charge in [0, 0.05) is 18.1 Å². The van der Waals surface area contributed by atoms with E-state index in [1.807, 2.05) is 0 Å². The van der Waals surface area contributed by atoms with Crippen molar-refractivity contribution in [3.63, 3.8) is 0 Å². The van der Waals surface area contributed by atoms with Gasteiger partial charge >= 0.3 is 0 Å². The average Bonchev–Trinajstić information content (AvgIpc) is 3.26. The van der Waals surface area contributed by atoms with Crippen molar-refractivity contribution in [1.82, 2.24) is 4.41 Å². The summed E-state index contributed by atoms with van der Waals surface area (Å²) in [5.74, 6) is 0.748. The van der Waals surface area contributed by atoms with E-state index in [0.717, 1.165) is 4.41 Å². The zero-order valence-electron chi connectivity index (χ0n) is 17.0. The Kier molecular flexibility index (Phi) is 5.65. The average molecular weight is 440 g/mol. The van der Waals surface area contributed by atoms with Crippen LogP contribution in [0.5, 0.6) is 11.5 Å². The molecule has 1 atom stereocenters. The van der Waals surface area contributed by atoms with Gasteiger partial charge in [-0.25, -0.2) is 4.39 Å². The number of halogens is 1. The van der Waals surface area contributed by atoms with Crippen LogP contribution in [-0.4, -0.2) is 32.8 Å². The molecular formula is C23H21FN2O4S. The van der Waals surface area contributed by atoms with Gasteiger partial charge in [-0.15, -0.1) is 0 Å². The quantitative estimate of drug-likeness (QED) is 0.570. The molecule has 0 radical (unpaired) electrons. The summed E-state index contributed by atoms with van der Waals surface area (Å²) in [4.78, 5) is 0.135. The molecule has 1 aliphatic rings. The second-order valence-corrected chi connectivity index (χ2v) is 8.81. The summed E-state index contributed by atoms with van der Waals surface area (Å²) in [6.45, 7) is 0. The summed E-state index contributed by atoms with van der Waals surface area (Å²) >= 11 is 0. The van der Waals surface area contributed by atoms with Crippen molar-refractivity contribution in [2.75, 3.05) is 14.2 Å². The maximum Gasteiger partial charge on any atom is 0.279 e. The van der Waals surface area contributed by atoms with Crippen molar-refractivity contribution in [2.45, 2.75) is 17.4 Å². The first-order valence-electron chi connectivity index (χ1n) is 9.58. The van der Waals surface area contributed by atoms with Crippen molar-refractivity contribution in [3.05, 3.63) is 89.7 Å². The number of hydrogen-bond acceptors (Lipinski definition) is 5. The minimum absolute atomic E-state index is 0.135. The Bertz CT molecular complexity index is 1190. The third kappa shape index (κ3) is 4.11. The van der Waals surface area contributed by atoms with Crippen LogP contribution in [0.25, 0.3) is 0 Å². The fourth-order valence-corrected chi connectivity index (χ4v) is 4.95. The van der Waals surface area contributed by atoms with Crippen LogP contribution >= 0.6 is 0 Å². The summed E-state index contributed by atoms with van der Waals surface area (Å²) in [5, 5.41) is 4.49. The van der Waals surface area contributed by atoms with Gasteiger partial charge in [0.2, 0.25) is 0 Å². The molecule has 0 saturated carbocycles. The van der Waals surface area contributed by atoms with Crippen LogP contribution < -0.4 is 9.47 Å². The number of ether oxygens (including phenoxy) is 2. The van der Waals surface area contributed by atoms with Crippen molar-refractivity contribution in [2.24, 2.45) is 5.10 Å². The van der Waals surface area contributed by atoms with E-state index >= 15 is 0 Å². The third-order valence-corrected chi connectivity index (χ3v) is 6.80. The molecular weight excluding hydrogens is 419 g/mol. The van der Waals surface area contributed by atoms with Crippen molar-refractivity contribution in [3.8, 4) is 11.5 Å². The predicted octanol–water partition coefficient (Wildman–Crippen LogP) is 4.38. The smallest absolute Gasteiger partial charge is 0.279 e. The number of benzene rings is 3. The first-order chi connectivity index (χ1) is 14.9. The van der Waals surface area contributed by atoms with E-state index in [9.17, 15) is 12.8 Å². The molecule has 4 rings (SSSR count). The van der Waals surface area contributed by atoms with Gasteiger partial charge in [-0.1, -0.05) is 30.3 Å². The summed E-state index contributed by atoms with van der Waals surface area (Å²) < 4.78 is 52.1. The van der Waals surface area contributed by atoms with Gasteiger partial charge < -0.3 is 9.47 Å². The fraction of sp³-hybridized carbons (Fsp3) is 0.174. The summed E-state index contributed by atoms with van der Waals surface area (Å²) in [5.41, 5.74) is 1.90. The summed E-state index contributed by atoms with van der Waals surface area (Å²) in [6, 6.07) is 18.6. The lowest BCUT2D eigenvalue weighted by atomic mass is 9.99. The molecule has 0 bridgehead atoms. The number of methoxy groups -OCH3 is 2.